The van der Waals surface area contributed by atoms with Crippen LogP contribution in [0.15, 0.2) is 42.5 Å². The maximum absolute atomic E-state index is 12.9. The third-order valence-electron chi connectivity index (χ3n) is 3.95. The molecule has 0 aliphatic carbocycles. The van der Waals surface area contributed by atoms with E-state index in [0.717, 1.165) is 12.1 Å². The zero-order valence-corrected chi connectivity index (χ0v) is 14.7. The van der Waals surface area contributed by atoms with Crippen molar-refractivity contribution in [1.29, 1.82) is 0 Å². The lowest BCUT2D eigenvalue weighted by molar-refractivity contribution is -0.137. The number of nitrogens with zero attached hydrogens (tertiary/aromatic N) is 4. The van der Waals surface area contributed by atoms with Crippen molar-refractivity contribution < 1.29 is 13.2 Å². The van der Waals surface area contributed by atoms with E-state index in [1.165, 1.54) is 11.0 Å². The molecule has 0 spiro atoms. The first-order chi connectivity index (χ1) is 12.2. The van der Waals surface area contributed by atoms with E-state index in [-0.39, 0.29) is 0 Å². The lowest BCUT2D eigenvalue weighted by Gasteiger charge is -2.19. The molecule has 1 heterocycles. The molecule has 26 heavy (non-hydrogen) atoms. The van der Waals surface area contributed by atoms with Crippen LogP contribution in [0, 0.1) is 0 Å². The first kappa shape index (κ1) is 18.1. The van der Waals surface area contributed by atoms with Crippen LogP contribution in [0.3, 0.4) is 0 Å². The Morgan fingerprint density at radius 3 is 2.50 bits per heavy atom. The van der Waals surface area contributed by atoms with E-state index in [9.17, 15) is 13.2 Å². The maximum Gasteiger partial charge on any atom is 0.416 e. The van der Waals surface area contributed by atoms with Gasteiger partial charge in [-0.25, -0.2) is 0 Å². The molecule has 0 aliphatic rings. The summed E-state index contributed by atoms with van der Waals surface area (Å²) in [6.45, 7) is 0. The van der Waals surface area contributed by atoms with Crippen LogP contribution >= 0.6 is 11.6 Å². The van der Waals surface area contributed by atoms with E-state index >= 15 is 0 Å². The molecule has 0 bridgehead atoms. The molecule has 0 saturated heterocycles. The minimum Gasteiger partial charge on any atom is -0.399 e. The molecular weight excluding hydrogens is 367 g/mol. The Morgan fingerprint density at radius 1 is 1.12 bits per heavy atom. The Balaban J connectivity index is 2.00. The Kier molecular flexibility index (Phi) is 4.53. The maximum atomic E-state index is 12.9. The molecule has 0 fully saturated rings. The molecule has 0 amide bonds. The van der Waals surface area contributed by atoms with Gasteiger partial charge in [-0.1, -0.05) is 17.7 Å². The van der Waals surface area contributed by atoms with E-state index < -0.39 is 11.7 Å². The fourth-order valence-corrected chi connectivity index (χ4v) is 2.84. The highest BCUT2D eigenvalue weighted by atomic mass is 35.5. The van der Waals surface area contributed by atoms with Crippen molar-refractivity contribution in [2.45, 2.75) is 6.18 Å². The number of nitrogen functional groups attached to an aromatic ring is 1. The normalized spacial score (nSPS) is 11.6. The Labute approximate surface area is 152 Å². The number of nitrogens with two attached hydrogens (primary N) is 1. The van der Waals surface area contributed by atoms with Gasteiger partial charge in [0, 0.05) is 31.0 Å². The zero-order chi connectivity index (χ0) is 19.1. The van der Waals surface area contributed by atoms with Gasteiger partial charge in [0.2, 0.25) is 5.95 Å². The first-order valence-corrected chi connectivity index (χ1v) is 7.92. The SMILES string of the molecule is CN(c1cccc(C(F)(F)F)c1)c1nnc(-c2ccc(N)cc2Cl)n1C. The van der Waals surface area contributed by atoms with Crippen molar-refractivity contribution in [1.82, 2.24) is 14.8 Å². The van der Waals surface area contributed by atoms with Crippen LogP contribution in [0.2, 0.25) is 5.02 Å². The number of hydrogen-bond acceptors (Lipinski definition) is 4. The number of halogens is 4. The molecule has 0 atom stereocenters. The molecule has 2 N–H and O–H groups in total. The van der Waals surface area contributed by atoms with Crippen LogP contribution in [0.5, 0.6) is 0 Å². The molecule has 3 rings (SSSR count). The van der Waals surface area contributed by atoms with Crippen LogP contribution in [0.25, 0.3) is 11.4 Å². The molecule has 2 aromatic carbocycles. The zero-order valence-electron chi connectivity index (χ0n) is 13.9. The van der Waals surface area contributed by atoms with E-state index in [1.807, 2.05) is 0 Å². The quantitative estimate of drug-likeness (QED) is 0.678. The van der Waals surface area contributed by atoms with Gasteiger partial charge in [0.05, 0.1) is 10.6 Å². The van der Waals surface area contributed by atoms with Crippen LogP contribution in [-0.2, 0) is 13.2 Å². The fraction of sp³-hybridized carbons (Fsp3) is 0.176. The number of benzene rings is 2. The molecule has 9 heteroatoms. The second-order valence-electron chi connectivity index (χ2n) is 5.73. The third-order valence-corrected chi connectivity index (χ3v) is 4.26. The van der Waals surface area contributed by atoms with Crippen LogP contribution in [0.1, 0.15) is 5.56 Å². The van der Waals surface area contributed by atoms with Crippen molar-refractivity contribution in [3.05, 3.63) is 53.1 Å². The first-order valence-electron chi connectivity index (χ1n) is 7.54. The average molecular weight is 382 g/mol. The minimum atomic E-state index is -4.42. The summed E-state index contributed by atoms with van der Waals surface area (Å²) in [5, 5.41) is 8.62. The summed E-state index contributed by atoms with van der Waals surface area (Å²) in [4.78, 5) is 1.52. The minimum absolute atomic E-state index is 0.338. The van der Waals surface area contributed by atoms with Gasteiger partial charge in [0.15, 0.2) is 5.82 Å². The molecule has 0 radical (unpaired) electrons. The number of rotatable bonds is 3. The van der Waals surface area contributed by atoms with Gasteiger partial charge >= 0.3 is 6.18 Å². The lowest BCUT2D eigenvalue weighted by Crippen LogP contribution is -2.15. The summed E-state index contributed by atoms with van der Waals surface area (Å²) in [7, 11) is 3.33. The molecule has 0 unspecified atom stereocenters. The summed E-state index contributed by atoms with van der Waals surface area (Å²) >= 11 is 6.21. The third kappa shape index (κ3) is 3.32. The second-order valence-corrected chi connectivity index (χ2v) is 6.14. The topological polar surface area (TPSA) is 60.0 Å². The summed E-state index contributed by atoms with van der Waals surface area (Å²) < 4.78 is 40.5. The van der Waals surface area contributed by atoms with Gasteiger partial charge in [0.25, 0.3) is 0 Å². The van der Waals surface area contributed by atoms with E-state index in [2.05, 4.69) is 10.2 Å². The Bertz CT molecular complexity index is 952. The van der Waals surface area contributed by atoms with Crippen molar-refractivity contribution in [3.63, 3.8) is 0 Å². The fourth-order valence-electron chi connectivity index (χ4n) is 2.57. The van der Waals surface area contributed by atoms with Crippen molar-refractivity contribution in [2.75, 3.05) is 17.7 Å². The number of hydrogen-bond donors (Lipinski definition) is 1. The lowest BCUT2D eigenvalue weighted by atomic mass is 10.2. The van der Waals surface area contributed by atoms with E-state index in [4.69, 9.17) is 17.3 Å². The molecule has 5 nitrogen and oxygen atoms in total. The van der Waals surface area contributed by atoms with Gasteiger partial charge in [-0.2, -0.15) is 13.2 Å². The molecule has 136 valence electrons. The van der Waals surface area contributed by atoms with E-state index in [1.54, 1.807) is 42.9 Å². The number of alkyl halides is 3. The van der Waals surface area contributed by atoms with E-state index in [0.29, 0.717) is 33.7 Å². The molecule has 1 aromatic heterocycles. The molecule has 3 aromatic rings. The Morgan fingerprint density at radius 2 is 1.85 bits per heavy atom. The summed E-state index contributed by atoms with van der Waals surface area (Å²) in [5.74, 6) is 0.844. The van der Waals surface area contributed by atoms with Gasteiger partial charge < -0.3 is 10.6 Å². The highest BCUT2D eigenvalue weighted by Crippen LogP contribution is 2.34. The molecular formula is C17H15ClF3N5. The number of aromatic nitrogens is 3. The van der Waals surface area contributed by atoms with Crippen molar-refractivity contribution in [3.8, 4) is 11.4 Å². The average Bonchev–Trinajstić information content (AvgIpc) is 2.95. The molecule has 0 saturated carbocycles. The van der Waals surface area contributed by atoms with Gasteiger partial charge in [-0.05, 0) is 36.4 Å². The number of anilines is 3. The van der Waals surface area contributed by atoms with Gasteiger partial charge in [0.1, 0.15) is 0 Å². The molecule has 0 aliphatic heterocycles. The smallest absolute Gasteiger partial charge is 0.399 e. The van der Waals surface area contributed by atoms with Crippen LogP contribution < -0.4 is 10.6 Å². The Hall–Kier alpha value is -2.74. The summed E-state index contributed by atoms with van der Waals surface area (Å²) in [6.07, 6.45) is -4.42. The summed E-state index contributed by atoms with van der Waals surface area (Å²) in [6, 6.07) is 10.0. The highest BCUT2D eigenvalue weighted by molar-refractivity contribution is 6.33. The predicted molar refractivity (Wildman–Crippen MR) is 95.4 cm³/mol. The second kappa shape index (κ2) is 6.53. The van der Waals surface area contributed by atoms with Crippen molar-refractivity contribution >= 4 is 28.9 Å². The predicted octanol–water partition coefficient (Wildman–Crippen LogP) is 4.50. The largest absolute Gasteiger partial charge is 0.416 e. The summed E-state index contributed by atoms with van der Waals surface area (Å²) in [5.41, 5.74) is 6.44. The monoisotopic (exact) mass is 381 g/mol. The van der Waals surface area contributed by atoms with Crippen molar-refractivity contribution in [2.24, 2.45) is 7.05 Å². The van der Waals surface area contributed by atoms with Crippen LogP contribution in [0.4, 0.5) is 30.5 Å². The van der Waals surface area contributed by atoms with Gasteiger partial charge in [-0.3, -0.25) is 4.57 Å². The highest BCUT2D eigenvalue weighted by Gasteiger charge is 2.31. The van der Waals surface area contributed by atoms with Crippen LogP contribution in [-0.4, -0.2) is 21.8 Å². The van der Waals surface area contributed by atoms with Gasteiger partial charge in [-0.15, -0.1) is 10.2 Å². The standard InChI is InChI=1S/C17H15ClF3N5/c1-25(12-5-3-4-10(8-12)17(19,20)21)16-24-23-15(26(16)2)13-7-6-11(22)9-14(13)18/h3-9H,22H2,1-2H3.